The summed E-state index contributed by atoms with van der Waals surface area (Å²) in [6.07, 6.45) is 0. The van der Waals surface area contributed by atoms with Gasteiger partial charge >= 0.3 is 0 Å². The van der Waals surface area contributed by atoms with Crippen molar-refractivity contribution < 1.29 is 0 Å². The van der Waals surface area contributed by atoms with E-state index in [1.54, 1.807) is 0 Å². The van der Waals surface area contributed by atoms with Crippen LogP contribution in [-0.4, -0.2) is 15.0 Å². The van der Waals surface area contributed by atoms with Crippen LogP contribution in [0.4, 0.5) is 0 Å². The predicted octanol–water partition coefficient (Wildman–Crippen LogP) is 14.0. The Labute approximate surface area is 321 Å². The van der Waals surface area contributed by atoms with E-state index in [9.17, 15) is 0 Å². The van der Waals surface area contributed by atoms with E-state index in [2.05, 4.69) is 158 Å². The Morgan fingerprint density at radius 3 is 1.34 bits per heavy atom. The molecule has 0 fully saturated rings. The van der Waals surface area contributed by atoms with E-state index in [0.717, 1.165) is 22.1 Å². The van der Waals surface area contributed by atoms with Gasteiger partial charge in [-0.1, -0.05) is 158 Å². The zero-order valence-corrected chi connectivity index (χ0v) is 30.1. The van der Waals surface area contributed by atoms with Gasteiger partial charge in [-0.15, -0.1) is 0 Å². The molecule has 1 aromatic heterocycles. The Kier molecular flexibility index (Phi) is 5.89. The van der Waals surface area contributed by atoms with Crippen LogP contribution in [0, 0.1) is 0 Å². The van der Waals surface area contributed by atoms with Gasteiger partial charge in [0, 0.05) is 16.7 Å². The van der Waals surface area contributed by atoms with E-state index in [4.69, 9.17) is 15.0 Å². The molecule has 0 spiro atoms. The summed E-state index contributed by atoms with van der Waals surface area (Å²) >= 11 is 0. The van der Waals surface area contributed by atoms with Crippen molar-refractivity contribution >= 4 is 75.4 Å². The molecule has 0 aliphatic heterocycles. The topological polar surface area (TPSA) is 38.7 Å². The molecule has 0 bridgehead atoms. The summed E-state index contributed by atoms with van der Waals surface area (Å²) in [6.45, 7) is 0. The third-order valence-corrected chi connectivity index (χ3v) is 12.1. The fraction of sp³-hybridized carbons (Fsp3) is 0. The van der Waals surface area contributed by atoms with Crippen LogP contribution in [0.25, 0.3) is 132 Å². The molecule has 256 valence electrons. The number of hydrogen-bond donors (Lipinski definition) is 0. The van der Waals surface area contributed by atoms with Gasteiger partial charge in [0.25, 0.3) is 0 Å². The maximum atomic E-state index is 5.33. The highest BCUT2D eigenvalue weighted by Crippen LogP contribution is 2.49. The lowest BCUT2D eigenvalue weighted by molar-refractivity contribution is 1.08. The van der Waals surface area contributed by atoms with Crippen molar-refractivity contribution in [2.75, 3.05) is 0 Å². The summed E-state index contributed by atoms with van der Waals surface area (Å²) in [7, 11) is 0. The van der Waals surface area contributed by atoms with Gasteiger partial charge in [0.15, 0.2) is 17.5 Å². The molecular weight excluding hydrogens is 679 g/mol. The van der Waals surface area contributed by atoms with Gasteiger partial charge in [-0.25, -0.2) is 15.0 Å². The minimum absolute atomic E-state index is 0.652. The second-order valence-electron chi connectivity index (χ2n) is 15.1. The first-order valence-corrected chi connectivity index (χ1v) is 19.2. The van der Waals surface area contributed by atoms with Gasteiger partial charge in [0.2, 0.25) is 0 Å². The molecule has 3 heteroatoms. The van der Waals surface area contributed by atoms with E-state index in [1.165, 1.54) is 92.3 Å². The summed E-state index contributed by atoms with van der Waals surface area (Å²) in [4.78, 5) is 15.7. The highest BCUT2D eigenvalue weighted by atomic mass is 15.0. The molecule has 12 aromatic rings. The van der Waals surface area contributed by atoms with Crippen molar-refractivity contribution in [3.8, 4) is 56.4 Å². The van der Waals surface area contributed by atoms with Crippen LogP contribution in [0.5, 0.6) is 0 Å². The third-order valence-electron chi connectivity index (χ3n) is 12.1. The van der Waals surface area contributed by atoms with Crippen LogP contribution >= 0.6 is 0 Å². The molecule has 0 saturated heterocycles. The van der Waals surface area contributed by atoms with E-state index >= 15 is 0 Å². The number of nitrogens with zero attached hydrogens (tertiary/aromatic N) is 3. The molecule has 11 aromatic carbocycles. The number of hydrogen-bond acceptors (Lipinski definition) is 3. The molecule has 0 atom stereocenters. The van der Waals surface area contributed by atoms with Crippen molar-refractivity contribution in [1.29, 1.82) is 0 Å². The highest BCUT2D eigenvalue weighted by Gasteiger charge is 2.23. The average molecular weight is 708 g/mol. The third kappa shape index (κ3) is 4.09. The van der Waals surface area contributed by atoms with Crippen LogP contribution < -0.4 is 0 Å². The van der Waals surface area contributed by atoms with Gasteiger partial charge < -0.3 is 0 Å². The Morgan fingerprint density at radius 1 is 0.232 bits per heavy atom. The molecule has 56 heavy (non-hydrogen) atoms. The quantitative estimate of drug-likeness (QED) is 0.172. The monoisotopic (exact) mass is 707 g/mol. The van der Waals surface area contributed by atoms with E-state index in [0.29, 0.717) is 17.5 Å². The van der Waals surface area contributed by atoms with Crippen molar-refractivity contribution in [2.24, 2.45) is 0 Å². The first kappa shape index (κ1) is 29.9. The van der Waals surface area contributed by atoms with Crippen molar-refractivity contribution in [1.82, 2.24) is 15.0 Å². The van der Waals surface area contributed by atoms with Crippen molar-refractivity contribution in [3.63, 3.8) is 0 Å². The van der Waals surface area contributed by atoms with Crippen molar-refractivity contribution in [2.45, 2.75) is 0 Å². The van der Waals surface area contributed by atoms with Gasteiger partial charge in [0.1, 0.15) is 0 Å². The smallest absolute Gasteiger partial charge is 0.164 e. The Bertz CT molecular complexity index is 3630. The van der Waals surface area contributed by atoms with Gasteiger partial charge in [-0.3, -0.25) is 0 Å². The summed E-state index contributed by atoms with van der Waals surface area (Å²) in [5, 5.41) is 17.5. The SMILES string of the molecule is c1ccc(-c2nc(-c3ccc4c(c3)-c3cccc5cccc-4c35)nc(-c3cc4ccc5cccc6c7cccc8ccc9cccc(c(c3)c4c56)c9c87)n2)cc1. The van der Waals surface area contributed by atoms with Gasteiger partial charge in [-0.05, 0) is 116 Å². The lowest BCUT2D eigenvalue weighted by Crippen LogP contribution is -2.00. The molecule has 3 nitrogen and oxygen atoms in total. The first-order chi connectivity index (χ1) is 27.7. The maximum Gasteiger partial charge on any atom is 0.164 e. The molecule has 0 radical (unpaired) electrons. The zero-order valence-electron chi connectivity index (χ0n) is 30.1. The summed E-state index contributed by atoms with van der Waals surface area (Å²) in [5.41, 5.74) is 7.87. The average Bonchev–Trinajstić information content (AvgIpc) is 3.59. The van der Waals surface area contributed by atoms with Crippen LogP contribution in [0.15, 0.2) is 176 Å². The van der Waals surface area contributed by atoms with Gasteiger partial charge in [0.05, 0.1) is 0 Å². The predicted molar refractivity (Wildman–Crippen MR) is 234 cm³/mol. The van der Waals surface area contributed by atoms with Crippen LogP contribution in [0.2, 0.25) is 0 Å². The summed E-state index contributed by atoms with van der Waals surface area (Å²) in [6, 6.07) is 63.9. The van der Waals surface area contributed by atoms with Gasteiger partial charge in [-0.2, -0.15) is 0 Å². The standard InChI is InChI=1S/C53H29N3/c1-2-9-34(10-3-1)51-54-52(36-25-26-38-39-16-4-11-30-12-5-19-42(46(30)39)44(38)28-36)56-53(55-51)37-27-35-24-23-33-14-7-18-41-40-17-6-13-31-21-22-32-15-8-20-43(49(32)47(31)40)45(29-37)50(35)48(33)41/h1-29H. The maximum absolute atomic E-state index is 5.33. The summed E-state index contributed by atoms with van der Waals surface area (Å²) in [5.74, 6) is 1.96. The Balaban J connectivity index is 1.12. The fourth-order valence-electron chi connectivity index (χ4n) is 9.69. The number of benzene rings is 10. The summed E-state index contributed by atoms with van der Waals surface area (Å²) < 4.78 is 0. The van der Waals surface area contributed by atoms with Crippen LogP contribution in [0.3, 0.4) is 0 Å². The van der Waals surface area contributed by atoms with Crippen LogP contribution in [-0.2, 0) is 0 Å². The molecule has 0 amide bonds. The molecule has 0 saturated carbocycles. The molecule has 1 aliphatic carbocycles. The van der Waals surface area contributed by atoms with E-state index in [1.807, 2.05) is 18.2 Å². The molecule has 1 aliphatic rings. The lowest BCUT2D eigenvalue weighted by Gasteiger charge is -2.17. The van der Waals surface area contributed by atoms with E-state index < -0.39 is 0 Å². The Hall–Kier alpha value is -7.49. The minimum atomic E-state index is 0.652. The first-order valence-electron chi connectivity index (χ1n) is 19.2. The second kappa shape index (κ2) is 11.0. The number of fused-ring (bicyclic) bond motifs is 5. The van der Waals surface area contributed by atoms with Crippen molar-refractivity contribution in [3.05, 3.63) is 176 Å². The van der Waals surface area contributed by atoms with E-state index in [-0.39, 0.29) is 0 Å². The largest absolute Gasteiger partial charge is 0.208 e. The minimum Gasteiger partial charge on any atom is -0.208 e. The number of aromatic nitrogens is 3. The number of rotatable bonds is 3. The zero-order chi connectivity index (χ0) is 36.5. The molecule has 13 rings (SSSR count). The molecular formula is C53H29N3. The normalized spacial score (nSPS) is 12.3. The fourth-order valence-corrected chi connectivity index (χ4v) is 9.69. The van der Waals surface area contributed by atoms with Crippen LogP contribution in [0.1, 0.15) is 0 Å². The molecule has 1 heterocycles. The Morgan fingerprint density at radius 2 is 0.714 bits per heavy atom. The lowest BCUT2D eigenvalue weighted by atomic mass is 9.87. The second-order valence-corrected chi connectivity index (χ2v) is 15.1. The highest BCUT2D eigenvalue weighted by molar-refractivity contribution is 6.37. The molecule has 0 N–H and O–H groups in total. The molecule has 0 unspecified atom stereocenters.